The van der Waals surface area contributed by atoms with E-state index in [1.807, 2.05) is 0 Å². The van der Waals surface area contributed by atoms with Crippen LogP contribution in [0.3, 0.4) is 0 Å². The number of unbranched alkanes of at least 4 members (excludes halogenated alkanes) is 1. The highest BCUT2D eigenvalue weighted by atomic mass is 79.9. The van der Waals surface area contributed by atoms with Crippen LogP contribution in [0.15, 0.2) is 49.1 Å². The van der Waals surface area contributed by atoms with Crippen molar-refractivity contribution in [2.24, 2.45) is 0 Å². The Morgan fingerprint density at radius 3 is 1.17 bits per heavy atom. The van der Waals surface area contributed by atoms with Gasteiger partial charge < -0.3 is 43.8 Å². The van der Waals surface area contributed by atoms with E-state index in [1.54, 1.807) is 0 Å². The van der Waals surface area contributed by atoms with Gasteiger partial charge in [0.15, 0.2) is 24.8 Å². The van der Waals surface area contributed by atoms with Crippen LogP contribution in [0.2, 0.25) is 0 Å². The molecule has 4 nitrogen and oxygen atoms in total. The van der Waals surface area contributed by atoms with Crippen LogP contribution in [-0.4, -0.2) is 28.2 Å². The third-order valence-electron chi connectivity index (χ3n) is 3.86. The van der Waals surface area contributed by atoms with Gasteiger partial charge in [-0.2, -0.15) is 0 Å². The number of aryl methyl sites for hydroxylation is 2. The summed E-state index contributed by atoms with van der Waals surface area (Å²) in [5, 5.41) is 0. The Morgan fingerprint density at radius 1 is 0.625 bits per heavy atom. The monoisotopic (exact) mass is 458 g/mol. The topological polar surface area (TPSA) is 14.2 Å². The molecule has 0 aliphatic rings. The van der Waals surface area contributed by atoms with Crippen molar-refractivity contribution in [2.75, 3.05) is 38.0 Å². The van der Waals surface area contributed by atoms with Crippen LogP contribution >= 0.6 is 0 Å². The zero-order chi connectivity index (χ0) is 15.9. The number of hydrogen-bond donors (Lipinski definition) is 0. The lowest BCUT2D eigenvalue weighted by molar-refractivity contribution is -0.708. The number of aromatic nitrogens is 2. The summed E-state index contributed by atoms with van der Waals surface area (Å²) in [4.78, 5) is 4.25. The molecule has 0 saturated carbocycles. The molecule has 0 N–H and O–H groups in total. The van der Waals surface area contributed by atoms with Crippen molar-refractivity contribution in [1.82, 2.24) is 0 Å². The van der Waals surface area contributed by atoms with Gasteiger partial charge in [-0.15, -0.1) is 0 Å². The van der Waals surface area contributed by atoms with Crippen LogP contribution in [0.4, 0.5) is 11.4 Å². The van der Waals surface area contributed by atoms with Gasteiger partial charge in [0.05, 0.1) is 0 Å². The molecule has 0 aromatic carbocycles. The van der Waals surface area contributed by atoms with E-state index in [2.05, 4.69) is 96.2 Å². The first-order valence-corrected chi connectivity index (χ1v) is 7.89. The summed E-state index contributed by atoms with van der Waals surface area (Å²) in [6, 6.07) is 8.65. The van der Waals surface area contributed by atoms with Crippen molar-refractivity contribution in [2.45, 2.75) is 25.9 Å². The van der Waals surface area contributed by atoms with Crippen molar-refractivity contribution in [1.29, 1.82) is 0 Å². The zero-order valence-electron chi connectivity index (χ0n) is 15.0. The van der Waals surface area contributed by atoms with Crippen LogP contribution in [0.5, 0.6) is 0 Å². The van der Waals surface area contributed by atoms with E-state index < -0.39 is 0 Å². The van der Waals surface area contributed by atoms with E-state index in [0.717, 1.165) is 13.1 Å². The van der Waals surface area contributed by atoms with Crippen molar-refractivity contribution < 1.29 is 43.1 Å². The van der Waals surface area contributed by atoms with Gasteiger partial charge in [0.2, 0.25) is 0 Å². The lowest BCUT2D eigenvalue weighted by Crippen LogP contribution is -3.00. The van der Waals surface area contributed by atoms with Crippen molar-refractivity contribution >= 4 is 11.4 Å². The molecule has 24 heavy (non-hydrogen) atoms. The zero-order valence-corrected chi connectivity index (χ0v) is 18.2. The van der Waals surface area contributed by atoms with E-state index >= 15 is 0 Å². The standard InChI is InChI=1S/C18H28N4.2BrH/c1-19(2)17-7-13-21(14-8-17)11-5-6-12-22-15-9-18(10-16-22)20(3)4;;/h7-10,13-16H,5-6,11-12H2,1-4H3;2*1H/q+2;;/p-2. The molecule has 0 atom stereocenters. The third-order valence-corrected chi connectivity index (χ3v) is 3.86. The van der Waals surface area contributed by atoms with Crippen molar-refractivity contribution in [3.05, 3.63) is 49.1 Å². The highest BCUT2D eigenvalue weighted by Crippen LogP contribution is 2.07. The summed E-state index contributed by atoms with van der Waals surface area (Å²) in [7, 11) is 8.27. The molecule has 0 aliphatic carbocycles. The van der Waals surface area contributed by atoms with Crippen LogP contribution in [0.1, 0.15) is 12.8 Å². The van der Waals surface area contributed by atoms with E-state index in [4.69, 9.17) is 0 Å². The maximum atomic E-state index is 2.26. The van der Waals surface area contributed by atoms with Gasteiger partial charge in [0, 0.05) is 76.7 Å². The molecule has 0 spiro atoms. The molecule has 0 fully saturated rings. The maximum absolute atomic E-state index is 2.26. The first-order chi connectivity index (χ1) is 10.6. The molecule has 0 radical (unpaired) electrons. The maximum Gasteiger partial charge on any atom is 0.170 e. The largest absolute Gasteiger partial charge is 1.00 e. The lowest BCUT2D eigenvalue weighted by Gasteiger charge is -2.10. The van der Waals surface area contributed by atoms with Gasteiger partial charge >= 0.3 is 0 Å². The second kappa shape index (κ2) is 11.4. The molecule has 0 amide bonds. The summed E-state index contributed by atoms with van der Waals surface area (Å²) >= 11 is 0. The second-order valence-electron chi connectivity index (χ2n) is 6.08. The van der Waals surface area contributed by atoms with Gasteiger partial charge in [0.25, 0.3) is 0 Å². The average Bonchev–Trinajstić information content (AvgIpc) is 2.52. The van der Waals surface area contributed by atoms with E-state index in [0.29, 0.717) is 0 Å². The molecule has 2 aromatic heterocycles. The Balaban J connectivity index is 0.00000264. The van der Waals surface area contributed by atoms with Gasteiger partial charge in [-0.3, -0.25) is 0 Å². The predicted molar refractivity (Wildman–Crippen MR) is 91.2 cm³/mol. The molecule has 0 unspecified atom stereocenters. The van der Waals surface area contributed by atoms with Crippen LogP contribution < -0.4 is 52.9 Å². The first-order valence-electron chi connectivity index (χ1n) is 7.89. The molecular weight excluding hydrogens is 432 g/mol. The Morgan fingerprint density at radius 2 is 0.917 bits per heavy atom. The lowest BCUT2D eigenvalue weighted by atomic mass is 10.3. The minimum atomic E-state index is 0. The summed E-state index contributed by atoms with van der Waals surface area (Å²) in [5.74, 6) is 0. The number of hydrogen-bond acceptors (Lipinski definition) is 2. The van der Waals surface area contributed by atoms with Gasteiger partial charge in [-0.1, -0.05) is 0 Å². The molecule has 0 aliphatic heterocycles. The Bertz CT molecular complexity index is 515. The molecule has 134 valence electrons. The van der Waals surface area contributed by atoms with E-state index in [1.165, 1.54) is 24.2 Å². The highest BCUT2D eigenvalue weighted by molar-refractivity contribution is 5.41. The van der Waals surface area contributed by atoms with Gasteiger partial charge in [-0.25, -0.2) is 9.13 Å². The second-order valence-corrected chi connectivity index (χ2v) is 6.08. The molecule has 2 heterocycles. The minimum Gasteiger partial charge on any atom is -1.00 e. The quantitative estimate of drug-likeness (QED) is 0.308. The minimum absolute atomic E-state index is 0. The summed E-state index contributed by atoms with van der Waals surface area (Å²) in [5.41, 5.74) is 2.49. The number of rotatable bonds is 7. The SMILES string of the molecule is CN(C)c1cc[n+](CCCC[n+]2ccc(N(C)C)cc2)cc1.[Br-].[Br-]. The number of halogens is 2. The Hall–Kier alpha value is -1.14. The fourth-order valence-corrected chi connectivity index (χ4v) is 2.38. The molecule has 0 bridgehead atoms. The smallest absolute Gasteiger partial charge is 0.170 e. The van der Waals surface area contributed by atoms with E-state index in [9.17, 15) is 0 Å². The summed E-state index contributed by atoms with van der Waals surface area (Å²) in [6.45, 7) is 2.15. The van der Waals surface area contributed by atoms with Crippen LogP contribution in [0.25, 0.3) is 0 Å². The molecular formula is C18H28Br2N4. The first kappa shape index (κ1) is 22.9. The highest BCUT2D eigenvalue weighted by Gasteiger charge is 2.05. The molecule has 2 rings (SSSR count). The number of nitrogens with zero attached hydrogens (tertiary/aromatic N) is 4. The van der Waals surface area contributed by atoms with Crippen molar-refractivity contribution in [3.8, 4) is 0 Å². The van der Waals surface area contributed by atoms with E-state index in [-0.39, 0.29) is 34.0 Å². The third kappa shape index (κ3) is 7.18. The van der Waals surface area contributed by atoms with Crippen LogP contribution in [0, 0.1) is 0 Å². The number of pyridine rings is 2. The van der Waals surface area contributed by atoms with Crippen molar-refractivity contribution in [3.63, 3.8) is 0 Å². The molecule has 0 saturated heterocycles. The summed E-state index contributed by atoms with van der Waals surface area (Å²) in [6.07, 6.45) is 11.0. The molecule has 2 aromatic rings. The normalized spacial score (nSPS) is 9.67. The fraction of sp³-hybridized carbons (Fsp3) is 0.444. The predicted octanol–water partition coefficient (Wildman–Crippen LogP) is -4.12. The Kier molecular flexibility index (Phi) is 10.9. The van der Waals surface area contributed by atoms with Gasteiger partial charge in [-0.05, 0) is 0 Å². The number of anilines is 2. The fourth-order valence-electron chi connectivity index (χ4n) is 2.38. The van der Waals surface area contributed by atoms with Crippen LogP contribution in [-0.2, 0) is 13.1 Å². The Labute approximate surface area is 167 Å². The summed E-state index contributed by atoms with van der Waals surface area (Å²) < 4.78 is 4.51. The average molecular weight is 460 g/mol. The molecule has 6 heteroatoms. The van der Waals surface area contributed by atoms with Gasteiger partial charge in [0.1, 0.15) is 13.1 Å².